The Kier molecular flexibility index (Phi) is 4.28. The van der Waals surface area contributed by atoms with Gasteiger partial charge in [-0.2, -0.15) is 5.10 Å². The largest absolute Gasteiger partial charge is 0.454 e. The first-order chi connectivity index (χ1) is 16.5. The third-order valence-corrected chi connectivity index (χ3v) is 6.52. The number of allylic oxidation sites excluding steroid dienone is 1. The van der Waals surface area contributed by atoms with Crippen LogP contribution in [0.25, 0.3) is 0 Å². The van der Waals surface area contributed by atoms with Crippen LogP contribution in [0.3, 0.4) is 0 Å². The molecule has 0 N–H and O–H groups in total. The van der Waals surface area contributed by atoms with E-state index in [0.717, 1.165) is 4.90 Å². The molecular weight excluding hydrogens is 444 g/mol. The minimum atomic E-state index is -1.09. The molecular formula is C23H16N4O7. The molecule has 0 aliphatic carbocycles. The van der Waals surface area contributed by atoms with Crippen molar-refractivity contribution in [2.24, 2.45) is 16.9 Å². The number of hydrazone groups is 1. The molecule has 2 amide bonds. The Morgan fingerprint density at radius 3 is 2.68 bits per heavy atom. The number of non-ortho nitro benzene ring substituents is 1. The predicted molar refractivity (Wildman–Crippen MR) is 117 cm³/mol. The molecule has 0 radical (unpaired) electrons. The van der Waals surface area contributed by atoms with Gasteiger partial charge in [-0.3, -0.25) is 29.5 Å². The molecule has 6 rings (SSSR count). The van der Waals surface area contributed by atoms with Gasteiger partial charge >= 0.3 is 0 Å². The maximum absolute atomic E-state index is 13.6. The Labute approximate surface area is 192 Å². The molecule has 2 aromatic carbocycles. The molecule has 4 aliphatic heterocycles. The van der Waals surface area contributed by atoms with Crippen molar-refractivity contribution in [3.63, 3.8) is 0 Å². The number of carbonyl (C=O) groups is 3. The lowest BCUT2D eigenvalue weighted by Crippen LogP contribution is -2.46. The number of ketones is 1. The number of ether oxygens (including phenoxy) is 2. The van der Waals surface area contributed by atoms with Gasteiger partial charge in [-0.25, -0.2) is 4.90 Å². The van der Waals surface area contributed by atoms with Crippen LogP contribution >= 0.6 is 0 Å². The van der Waals surface area contributed by atoms with Crippen molar-refractivity contribution < 1.29 is 28.8 Å². The fourth-order valence-electron chi connectivity index (χ4n) is 5.06. The van der Waals surface area contributed by atoms with Gasteiger partial charge in [-0.15, -0.1) is 0 Å². The van der Waals surface area contributed by atoms with E-state index >= 15 is 0 Å². The molecule has 4 unspecified atom stereocenters. The summed E-state index contributed by atoms with van der Waals surface area (Å²) in [6, 6.07) is 8.40. The van der Waals surface area contributed by atoms with E-state index in [2.05, 4.69) is 5.10 Å². The normalized spacial score (nSPS) is 26.1. The standard InChI is InChI=1S/C23H16N4O7/c28-21(12-3-1-4-14(9-12)27(31)32)20-19-18(15-5-2-8-24-26(15)20)22(29)25(23(19)30)13-6-7-16-17(10-13)34-11-33-16/h1-10,15,18-20H,11H2. The van der Waals surface area contributed by atoms with Gasteiger partial charge in [-0.05, 0) is 18.2 Å². The van der Waals surface area contributed by atoms with E-state index in [0.29, 0.717) is 17.2 Å². The van der Waals surface area contributed by atoms with Crippen LogP contribution in [0.15, 0.2) is 59.7 Å². The zero-order valence-corrected chi connectivity index (χ0v) is 17.4. The maximum Gasteiger partial charge on any atom is 0.270 e. The molecule has 4 heterocycles. The Hall–Kier alpha value is -4.54. The highest BCUT2D eigenvalue weighted by molar-refractivity contribution is 6.24. The number of hydrogen-bond donors (Lipinski definition) is 0. The van der Waals surface area contributed by atoms with Crippen LogP contribution in [0.4, 0.5) is 11.4 Å². The monoisotopic (exact) mass is 460 g/mol. The second-order valence-electron chi connectivity index (χ2n) is 8.24. The Bertz CT molecular complexity index is 1340. The van der Waals surface area contributed by atoms with Crippen molar-refractivity contribution in [3.8, 4) is 11.5 Å². The second kappa shape index (κ2) is 7.24. The lowest BCUT2D eigenvalue weighted by Gasteiger charge is -2.30. The molecule has 4 atom stereocenters. The third-order valence-electron chi connectivity index (χ3n) is 6.52. The van der Waals surface area contributed by atoms with Crippen molar-refractivity contribution in [1.29, 1.82) is 0 Å². The van der Waals surface area contributed by atoms with Gasteiger partial charge in [0.15, 0.2) is 17.3 Å². The first kappa shape index (κ1) is 20.1. The minimum Gasteiger partial charge on any atom is -0.454 e. The highest BCUT2D eigenvalue weighted by atomic mass is 16.7. The molecule has 0 spiro atoms. The summed E-state index contributed by atoms with van der Waals surface area (Å²) < 4.78 is 10.7. The van der Waals surface area contributed by atoms with E-state index in [1.165, 1.54) is 35.5 Å². The third kappa shape index (κ3) is 2.76. The number of nitrogens with zero attached hydrogens (tertiary/aromatic N) is 4. The second-order valence-corrected chi connectivity index (χ2v) is 8.24. The lowest BCUT2D eigenvalue weighted by atomic mass is 9.86. The van der Waals surface area contributed by atoms with E-state index in [-0.39, 0.29) is 18.0 Å². The number of carbonyl (C=O) groups excluding carboxylic acids is 3. The molecule has 11 heteroatoms. The smallest absolute Gasteiger partial charge is 0.270 e. The van der Waals surface area contributed by atoms with Crippen molar-refractivity contribution in [3.05, 3.63) is 70.3 Å². The van der Waals surface area contributed by atoms with Crippen LogP contribution < -0.4 is 14.4 Å². The van der Waals surface area contributed by atoms with Crippen LogP contribution in [0.2, 0.25) is 0 Å². The van der Waals surface area contributed by atoms with Gasteiger partial charge in [0.2, 0.25) is 18.6 Å². The topological polar surface area (TPSA) is 132 Å². The van der Waals surface area contributed by atoms with E-state index in [4.69, 9.17) is 9.47 Å². The van der Waals surface area contributed by atoms with Gasteiger partial charge in [0.05, 0.1) is 28.5 Å². The summed E-state index contributed by atoms with van der Waals surface area (Å²) in [5, 5.41) is 17.0. The van der Waals surface area contributed by atoms with Crippen molar-refractivity contribution in [2.75, 3.05) is 11.7 Å². The first-order valence-corrected chi connectivity index (χ1v) is 10.5. The number of rotatable bonds is 4. The molecule has 2 saturated heterocycles. The molecule has 34 heavy (non-hydrogen) atoms. The summed E-state index contributed by atoms with van der Waals surface area (Å²) in [6.07, 6.45) is 4.88. The van der Waals surface area contributed by atoms with Gasteiger partial charge in [0, 0.05) is 30.0 Å². The van der Waals surface area contributed by atoms with Crippen LogP contribution in [0.1, 0.15) is 10.4 Å². The van der Waals surface area contributed by atoms with Gasteiger partial charge in [-0.1, -0.05) is 18.2 Å². The fourth-order valence-corrected chi connectivity index (χ4v) is 5.06. The molecule has 2 fully saturated rings. The number of fused-ring (bicyclic) bond motifs is 4. The molecule has 0 aromatic heterocycles. The predicted octanol–water partition coefficient (Wildman–Crippen LogP) is 1.92. The average Bonchev–Trinajstić information content (AvgIpc) is 3.51. The van der Waals surface area contributed by atoms with E-state index in [9.17, 15) is 24.5 Å². The number of Topliss-reactive ketones (excluding diaryl/α,β-unsaturated/α-hetero) is 1. The van der Waals surface area contributed by atoms with E-state index in [1.807, 2.05) is 0 Å². The summed E-state index contributed by atoms with van der Waals surface area (Å²) in [5.41, 5.74) is 0.157. The number of anilines is 1. The highest BCUT2D eigenvalue weighted by Gasteiger charge is 2.64. The number of imide groups is 1. The summed E-state index contributed by atoms with van der Waals surface area (Å²) in [7, 11) is 0. The zero-order chi connectivity index (χ0) is 23.6. The van der Waals surface area contributed by atoms with Crippen LogP contribution in [0.5, 0.6) is 11.5 Å². The first-order valence-electron chi connectivity index (χ1n) is 10.5. The van der Waals surface area contributed by atoms with Crippen molar-refractivity contribution >= 4 is 35.2 Å². The molecule has 4 aliphatic rings. The minimum absolute atomic E-state index is 0.0472. The van der Waals surface area contributed by atoms with Gasteiger partial charge in [0.25, 0.3) is 5.69 Å². The van der Waals surface area contributed by atoms with E-state index < -0.39 is 46.4 Å². The number of hydrogen-bond acceptors (Lipinski definition) is 9. The van der Waals surface area contributed by atoms with Crippen LogP contribution in [-0.2, 0) is 9.59 Å². The highest BCUT2D eigenvalue weighted by Crippen LogP contribution is 2.47. The number of nitro groups is 1. The van der Waals surface area contributed by atoms with Gasteiger partial charge < -0.3 is 9.47 Å². The molecule has 170 valence electrons. The molecule has 0 bridgehead atoms. The van der Waals surface area contributed by atoms with Crippen LogP contribution in [0, 0.1) is 22.0 Å². The summed E-state index contributed by atoms with van der Waals surface area (Å²) in [5.74, 6) is -2.40. The Balaban J connectivity index is 1.41. The summed E-state index contributed by atoms with van der Waals surface area (Å²) in [6.45, 7) is 0.0472. The number of benzene rings is 2. The van der Waals surface area contributed by atoms with Crippen molar-refractivity contribution in [2.45, 2.75) is 12.1 Å². The SMILES string of the molecule is O=C(c1cccc([N+](=O)[O-])c1)C1C2C(=O)N(c3ccc4c(c3)OCO4)C(=O)C2C2C=CC=NN21. The van der Waals surface area contributed by atoms with E-state index in [1.54, 1.807) is 30.4 Å². The molecule has 2 aromatic rings. The fraction of sp³-hybridized carbons (Fsp3) is 0.217. The maximum atomic E-state index is 13.6. The Morgan fingerprint density at radius 2 is 1.85 bits per heavy atom. The molecule has 11 nitrogen and oxygen atoms in total. The summed E-state index contributed by atoms with van der Waals surface area (Å²) in [4.78, 5) is 52.4. The van der Waals surface area contributed by atoms with Crippen LogP contribution in [-0.4, -0.2) is 52.6 Å². The quantitative estimate of drug-likeness (QED) is 0.293. The Morgan fingerprint density at radius 1 is 1.06 bits per heavy atom. The summed E-state index contributed by atoms with van der Waals surface area (Å²) >= 11 is 0. The number of nitro benzene ring substituents is 1. The van der Waals surface area contributed by atoms with Gasteiger partial charge in [0.1, 0.15) is 6.04 Å². The zero-order valence-electron chi connectivity index (χ0n) is 17.4. The number of amides is 2. The lowest BCUT2D eigenvalue weighted by molar-refractivity contribution is -0.384. The average molecular weight is 460 g/mol. The van der Waals surface area contributed by atoms with Crippen molar-refractivity contribution in [1.82, 2.24) is 5.01 Å². The molecule has 0 saturated carbocycles.